The molecule has 1 saturated heterocycles. The number of aromatic nitrogens is 2. The second kappa shape index (κ2) is 6.94. The van der Waals surface area contributed by atoms with Crippen LogP contribution in [0, 0.1) is 11.3 Å². The zero-order valence-electron chi connectivity index (χ0n) is 15.8. The zero-order valence-corrected chi connectivity index (χ0v) is 15.8. The van der Waals surface area contributed by atoms with Crippen molar-refractivity contribution in [1.29, 1.82) is 5.26 Å². The van der Waals surface area contributed by atoms with E-state index in [1.54, 1.807) is 9.58 Å². The minimum atomic E-state index is -0.480. The molecular weight excluding hydrogens is 376 g/mol. The first kappa shape index (κ1) is 18.5. The summed E-state index contributed by atoms with van der Waals surface area (Å²) < 4.78 is 6.65. The number of hydrogen-bond donors (Lipinski definition) is 2. The second-order valence-corrected chi connectivity index (χ2v) is 6.90. The maximum atomic E-state index is 12.7. The summed E-state index contributed by atoms with van der Waals surface area (Å²) in [6.07, 6.45) is 1.42. The molecule has 0 unspecified atom stereocenters. The molecule has 0 spiro atoms. The van der Waals surface area contributed by atoms with Crippen LogP contribution in [0.5, 0.6) is 5.75 Å². The molecule has 10 nitrogen and oxygen atoms in total. The zero-order chi connectivity index (χ0) is 20.7. The Labute approximate surface area is 166 Å². The summed E-state index contributed by atoms with van der Waals surface area (Å²) in [4.78, 5) is 38.6. The number of rotatable bonds is 3. The number of nitriles is 1. The summed E-state index contributed by atoms with van der Waals surface area (Å²) in [6.45, 7) is 2.35. The Kier molecular flexibility index (Phi) is 4.43. The summed E-state index contributed by atoms with van der Waals surface area (Å²) in [5, 5.41) is 19.1. The molecule has 2 aliphatic heterocycles. The summed E-state index contributed by atoms with van der Waals surface area (Å²) in [5.41, 5.74) is 0.980. The lowest BCUT2D eigenvalue weighted by atomic mass is 10.1. The van der Waals surface area contributed by atoms with Crippen LogP contribution in [0.4, 0.5) is 5.69 Å². The van der Waals surface area contributed by atoms with Crippen molar-refractivity contribution in [3.8, 4) is 11.8 Å². The predicted molar refractivity (Wildman–Crippen MR) is 100 cm³/mol. The van der Waals surface area contributed by atoms with Crippen molar-refractivity contribution in [1.82, 2.24) is 20.0 Å². The van der Waals surface area contributed by atoms with Crippen LogP contribution in [0.25, 0.3) is 0 Å². The summed E-state index contributed by atoms with van der Waals surface area (Å²) in [5.74, 6) is -0.541. The number of carbonyl (C=O) groups excluding carboxylic acids is 3. The molecule has 1 fully saturated rings. The first-order chi connectivity index (χ1) is 13.9. The topological polar surface area (TPSA) is 129 Å². The Hall–Kier alpha value is -3.87. The van der Waals surface area contributed by atoms with E-state index in [1.807, 2.05) is 6.07 Å². The highest BCUT2D eigenvalue weighted by Gasteiger charge is 2.43. The number of methoxy groups -OCH3 is 1. The van der Waals surface area contributed by atoms with Crippen LogP contribution in [0.2, 0.25) is 0 Å². The lowest BCUT2D eigenvalue weighted by Gasteiger charge is -2.27. The Balaban J connectivity index is 1.60. The largest absolute Gasteiger partial charge is 0.495 e. The maximum absolute atomic E-state index is 12.7. The van der Waals surface area contributed by atoms with Crippen LogP contribution in [0.15, 0.2) is 24.4 Å². The predicted octanol–water partition coefficient (Wildman–Crippen LogP) is 0.531. The lowest BCUT2D eigenvalue weighted by molar-refractivity contribution is -0.127. The van der Waals surface area contributed by atoms with Crippen LogP contribution in [-0.4, -0.2) is 58.6 Å². The quantitative estimate of drug-likeness (QED) is 0.781. The highest BCUT2D eigenvalue weighted by molar-refractivity contribution is 6.08. The van der Waals surface area contributed by atoms with Gasteiger partial charge in [0.1, 0.15) is 17.5 Å². The number of fused-ring (bicyclic) bond motifs is 3. The van der Waals surface area contributed by atoms with Gasteiger partial charge < -0.3 is 20.3 Å². The maximum Gasteiger partial charge on any atom is 0.272 e. The third-order valence-corrected chi connectivity index (χ3v) is 5.21. The van der Waals surface area contributed by atoms with Gasteiger partial charge in [0.2, 0.25) is 5.91 Å². The van der Waals surface area contributed by atoms with Gasteiger partial charge in [-0.15, -0.1) is 0 Å². The number of nitrogens with zero attached hydrogens (tertiary/aromatic N) is 4. The van der Waals surface area contributed by atoms with Crippen molar-refractivity contribution in [3.63, 3.8) is 0 Å². The number of anilines is 1. The minimum absolute atomic E-state index is 0.0660. The number of carbonyl (C=O) groups is 3. The molecular formula is C19H18N6O4. The van der Waals surface area contributed by atoms with Gasteiger partial charge in [0.25, 0.3) is 11.8 Å². The molecule has 2 aliphatic rings. The molecule has 2 aromatic rings. The van der Waals surface area contributed by atoms with Gasteiger partial charge >= 0.3 is 0 Å². The van der Waals surface area contributed by atoms with E-state index in [9.17, 15) is 19.6 Å². The van der Waals surface area contributed by atoms with E-state index in [0.29, 0.717) is 18.8 Å². The van der Waals surface area contributed by atoms with Gasteiger partial charge in [-0.05, 0) is 18.2 Å². The minimum Gasteiger partial charge on any atom is -0.495 e. The van der Waals surface area contributed by atoms with E-state index < -0.39 is 5.91 Å². The van der Waals surface area contributed by atoms with E-state index in [-0.39, 0.29) is 46.4 Å². The highest BCUT2D eigenvalue weighted by Crippen LogP contribution is 2.31. The fraction of sp³-hybridized carbons (Fsp3) is 0.316. The van der Waals surface area contributed by atoms with Crippen LogP contribution < -0.4 is 15.4 Å². The highest BCUT2D eigenvalue weighted by atomic mass is 16.5. The van der Waals surface area contributed by atoms with E-state index in [2.05, 4.69) is 15.7 Å². The Morgan fingerprint density at radius 2 is 2.17 bits per heavy atom. The van der Waals surface area contributed by atoms with Gasteiger partial charge in [0, 0.05) is 25.6 Å². The molecule has 2 atom stereocenters. The fourth-order valence-electron chi connectivity index (χ4n) is 3.73. The third kappa shape index (κ3) is 3.06. The molecule has 1 aromatic carbocycles. The Morgan fingerprint density at radius 1 is 1.38 bits per heavy atom. The molecule has 0 bridgehead atoms. The number of benzene rings is 1. The van der Waals surface area contributed by atoms with Crippen molar-refractivity contribution in [2.75, 3.05) is 25.5 Å². The van der Waals surface area contributed by atoms with Crippen molar-refractivity contribution < 1.29 is 19.1 Å². The average Bonchev–Trinajstić information content (AvgIpc) is 3.32. The van der Waals surface area contributed by atoms with Crippen LogP contribution in [0.1, 0.15) is 39.4 Å². The van der Waals surface area contributed by atoms with Crippen molar-refractivity contribution in [2.45, 2.75) is 19.0 Å². The van der Waals surface area contributed by atoms with Gasteiger partial charge in [-0.25, -0.2) is 0 Å². The van der Waals surface area contributed by atoms with Gasteiger partial charge in [-0.3, -0.25) is 19.1 Å². The first-order valence-corrected chi connectivity index (χ1v) is 8.96. The molecule has 3 heterocycles. The van der Waals surface area contributed by atoms with Crippen LogP contribution >= 0.6 is 0 Å². The number of likely N-dealkylation sites (tertiary alicyclic amines) is 1. The lowest BCUT2D eigenvalue weighted by Crippen LogP contribution is -2.47. The van der Waals surface area contributed by atoms with Gasteiger partial charge in [-0.2, -0.15) is 10.4 Å². The smallest absolute Gasteiger partial charge is 0.272 e. The summed E-state index contributed by atoms with van der Waals surface area (Å²) >= 11 is 0. The summed E-state index contributed by atoms with van der Waals surface area (Å²) in [6, 6.07) is 6.05. The van der Waals surface area contributed by atoms with E-state index in [0.717, 1.165) is 0 Å². The number of ether oxygens (including phenoxy) is 1. The first-order valence-electron chi connectivity index (χ1n) is 8.96. The van der Waals surface area contributed by atoms with Crippen molar-refractivity contribution in [3.05, 3.63) is 41.2 Å². The fourth-order valence-corrected chi connectivity index (χ4v) is 3.73. The van der Waals surface area contributed by atoms with Crippen molar-refractivity contribution >= 4 is 23.4 Å². The molecule has 4 rings (SSSR count). The van der Waals surface area contributed by atoms with Gasteiger partial charge in [-0.1, -0.05) is 0 Å². The van der Waals surface area contributed by atoms with Crippen LogP contribution in [-0.2, 0) is 4.79 Å². The molecule has 29 heavy (non-hydrogen) atoms. The molecule has 0 aliphatic carbocycles. The molecule has 1 aromatic heterocycles. The molecule has 0 radical (unpaired) electrons. The Bertz CT molecular complexity index is 1070. The van der Waals surface area contributed by atoms with Gasteiger partial charge in [0.15, 0.2) is 0 Å². The van der Waals surface area contributed by atoms with E-state index in [4.69, 9.17) is 4.74 Å². The second-order valence-electron chi connectivity index (χ2n) is 6.90. The summed E-state index contributed by atoms with van der Waals surface area (Å²) in [7, 11) is 1.44. The molecule has 0 saturated carbocycles. The monoisotopic (exact) mass is 394 g/mol. The standard InChI is InChI=1S/C19H18N6O4/c1-10(26)24-8-14-15(9-24)25-17(19(28)23-14)13(7-21-25)22-18(27)11-3-4-16(29-2)12(5-11)6-20/h3-5,7,14-15H,8-9H2,1-2H3,(H,22,27)(H,23,28)/t14-,15-/m0/s1. The SMILES string of the molecule is COc1ccc(C(=O)Nc2cnn3c2C(=O)N[C@H]2CN(C(C)=O)C[C@@H]23)cc1C#N. The van der Waals surface area contributed by atoms with E-state index >= 15 is 0 Å². The van der Waals surface area contributed by atoms with Crippen LogP contribution in [0.3, 0.4) is 0 Å². The normalized spacial score (nSPS) is 19.6. The number of hydrogen-bond acceptors (Lipinski definition) is 6. The molecule has 148 valence electrons. The van der Waals surface area contributed by atoms with Crippen molar-refractivity contribution in [2.24, 2.45) is 0 Å². The van der Waals surface area contributed by atoms with E-state index in [1.165, 1.54) is 38.4 Å². The molecule has 3 amide bonds. The third-order valence-electron chi connectivity index (χ3n) is 5.21. The average molecular weight is 394 g/mol. The molecule has 2 N–H and O–H groups in total. The van der Waals surface area contributed by atoms with Gasteiger partial charge in [0.05, 0.1) is 36.6 Å². The number of amides is 3. The number of nitrogens with one attached hydrogen (secondary N) is 2. The molecule has 10 heteroatoms. The Morgan fingerprint density at radius 3 is 2.86 bits per heavy atom.